The van der Waals surface area contributed by atoms with Crippen molar-refractivity contribution in [2.24, 2.45) is 29.6 Å². The Morgan fingerprint density at radius 2 is 1.20 bits per heavy atom. The fraction of sp³-hybridized carbons (Fsp3) is 0.333. The maximum atomic E-state index is 14.2. The van der Waals surface area contributed by atoms with Crippen LogP contribution in [-0.4, -0.2) is 52.8 Å². The Balaban J connectivity index is 1.31. The summed E-state index contributed by atoms with van der Waals surface area (Å²) in [5.74, 6) is -4.33. The summed E-state index contributed by atoms with van der Waals surface area (Å²) in [6.45, 7) is 0.343. The van der Waals surface area contributed by atoms with Gasteiger partial charge in [-0.15, -0.1) is 0 Å². The lowest BCUT2D eigenvalue weighted by atomic mass is 9.57. The summed E-state index contributed by atoms with van der Waals surface area (Å²) in [4.78, 5) is 58.8. The molecule has 0 bridgehead atoms. The van der Waals surface area contributed by atoms with Gasteiger partial charge in [-0.1, -0.05) is 72.3 Å². The van der Waals surface area contributed by atoms with Gasteiger partial charge in [0.2, 0.25) is 29.4 Å². The summed E-state index contributed by atoms with van der Waals surface area (Å²) in [6, 6.07) is 22.2. The lowest BCUT2D eigenvalue weighted by Crippen LogP contribution is -2.43. The van der Waals surface area contributed by atoms with Crippen molar-refractivity contribution in [2.45, 2.75) is 31.8 Å². The Labute approximate surface area is 261 Å². The smallest absolute Gasteiger partial charge is 0.234 e. The molecular formula is C36H34N2O7. The van der Waals surface area contributed by atoms with E-state index in [9.17, 15) is 24.3 Å². The highest BCUT2D eigenvalue weighted by molar-refractivity contribution is 6.08. The van der Waals surface area contributed by atoms with Gasteiger partial charge in [0, 0.05) is 5.92 Å². The zero-order valence-electron chi connectivity index (χ0n) is 25.1. The van der Waals surface area contributed by atoms with E-state index in [0.29, 0.717) is 18.4 Å². The summed E-state index contributed by atoms with van der Waals surface area (Å²) < 4.78 is 10.9. The third kappa shape index (κ3) is 4.60. The molecule has 0 spiro atoms. The molecule has 45 heavy (non-hydrogen) atoms. The van der Waals surface area contributed by atoms with Crippen LogP contribution in [0, 0.1) is 29.6 Å². The molecule has 9 nitrogen and oxygen atoms in total. The molecule has 9 heteroatoms. The Hall–Kier alpha value is -4.92. The molecule has 1 N–H and O–H groups in total. The van der Waals surface area contributed by atoms with E-state index in [1.807, 2.05) is 66.7 Å². The molecule has 3 fully saturated rings. The Bertz CT molecular complexity index is 1690. The van der Waals surface area contributed by atoms with Crippen LogP contribution in [-0.2, 0) is 32.3 Å². The normalized spacial score (nSPS) is 27.2. The first-order valence-electron chi connectivity index (χ1n) is 15.3. The number of nitrogens with zero attached hydrogens (tertiary/aromatic N) is 2. The first kappa shape index (κ1) is 28.8. The summed E-state index contributed by atoms with van der Waals surface area (Å²) in [7, 11) is 2.87. The maximum absolute atomic E-state index is 14.2. The van der Waals surface area contributed by atoms with E-state index in [1.54, 1.807) is 12.1 Å². The molecule has 7 rings (SSSR count). The second-order valence-corrected chi connectivity index (χ2v) is 12.3. The summed E-state index contributed by atoms with van der Waals surface area (Å²) in [6.07, 6.45) is 2.67. The topological polar surface area (TPSA) is 113 Å². The molecular weight excluding hydrogens is 572 g/mol. The zero-order valence-corrected chi connectivity index (χ0v) is 25.1. The number of phenols is 1. The molecule has 1 saturated carbocycles. The molecule has 3 aromatic rings. The van der Waals surface area contributed by atoms with Crippen LogP contribution in [0.15, 0.2) is 84.4 Å². The van der Waals surface area contributed by atoms with Gasteiger partial charge in [0.25, 0.3) is 0 Å². The van der Waals surface area contributed by atoms with Crippen LogP contribution >= 0.6 is 0 Å². The van der Waals surface area contributed by atoms with E-state index >= 15 is 0 Å². The molecule has 230 valence electrons. The van der Waals surface area contributed by atoms with Gasteiger partial charge < -0.3 is 14.6 Å². The van der Waals surface area contributed by atoms with E-state index in [0.717, 1.165) is 16.7 Å². The van der Waals surface area contributed by atoms with Crippen molar-refractivity contribution < 1.29 is 33.8 Å². The lowest BCUT2D eigenvalue weighted by Gasteiger charge is -2.44. The molecule has 3 aromatic carbocycles. The standard InChI is InChI=1S/C36H34N2O7/c1-44-27-15-22(16-28(45-2)32(27)39)29-23-13-14-24-30(35(42)37(33(24)40)18-20-9-5-3-6-10-20)25(23)17-26-31(29)36(43)38(34(26)41)19-21-11-7-4-8-12-21/h3-13,15-16,24-26,29-31,39H,14,17-19H2,1-2H3/t24-,25+,26+,29-,30-,31+/m0/s1. The number of fused-ring (bicyclic) bond motifs is 4. The molecule has 6 atom stereocenters. The fourth-order valence-corrected chi connectivity index (χ4v) is 8.03. The maximum Gasteiger partial charge on any atom is 0.234 e. The number of hydrogen-bond donors (Lipinski definition) is 1. The van der Waals surface area contributed by atoms with Crippen molar-refractivity contribution in [1.82, 2.24) is 9.80 Å². The van der Waals surface area contributed by atoms with E-state index in [-0.39, 0.29) is 54.0 Å². The van der Waals surface area contributed by atoms with Crippen LogP contribution in [0.5, 0.6) is 17.2 Å². The largest absolute Gasteiger partial charge is 0.502 e. The highest BCUT2D eigenvalue weighted by Crippen LogP contribution is 2.59. The second kappa shape index (κ2) is 11.2. The first-order valence-corrected chi connectivity index (χ1v) is 15.3. The van der Waals surface area contributed by atoms with Crippen LogP contribution in [0.4, 0.5) is 0 Å². The average Bonchev–Trinajstić information content (AvgIpc) is 3.44. The number of hydrogen-bond acceptors (Lipinski definition) is 7. The number of allylic oxidation sites excluding steroid dienone is 2. The molecule has 0 aromatic heterocycles. The third-order valence-corrected chi connectivity index (χ3v) is 10.1. The predicted octanol–water partition coefficient (Wildman–Crippen LogP) is 4.45. The van der Waals surface area contributed by atoms with Crippen LogP contribution in [0.1, 0.15) is 35.4 Å². The molecule has 2 saturated heterocycles. The minimum absolute atomic E-state index is 0.151. The van der Waals surface area contributed by atoms with Crippen LogP contribution in [0.3, 0.4) is 0 Å². The van der Waals surface area contributed by atoms with Gasteiger partial charge in [0.1, 0.15) is 0 Å². The highest BCUT2D eigenvalue weighted by Gasteiger charge is 2.62. The van der Waals surface area contributed by atoms with Crippen molar-refractivity contribution in [3.63, 3.8) is 0 Å². The van der Waals surface area contributed by atoms with Crippen molar-refractivity contribution in [3.8, 4) is 17.2 Å². The molecule has 0 unspecified atom stereocenters. The van der Waals surface area contributed by atoms with Gasteiger partial charge in [0.15, 0.2) is 11.5 Å². The molecule has 2 aliphatic heterocycles. The first-order chi connectivity index (χ1) is 21.8. The predicted molar refractivity (Wildman–Crippen MR) is 163 cm³/mol. The summed E-state index contributed by atoms with van der Waals surface area (Å²) in [5, 5.41) is 10.7. The Morgan fingerprint density at radius 3 is 1.73 bits per heavy atom. The lowest BCUT2D eigenvalue weighted by molar-refractivity contribution is -0.142. The van der Waals surface area contributed by atoms with E-state index < -0.39 is 35.5 Å². The number of likely N-dealkylation sites (tertiary alicyclic amines) is 2. The van der Waals surface area contributed by atoms with Gasteiger partial charge in [-0.05, 0) is 47.6 Å². The SMILES string of the molecule is COc1cc([C@H]2C3=CC[C@@H]4C(=O)N(Cc5ccccc5)C(=O)[C@@H]4[C@@H]3C[C@H]3C(=O)N(Cc4ccccc4)C(=O)[C@@H]23)cc(OC)c1O. The van der Waals surface area contributed by atoms with Crippen molar-refractivity contribution >= 4 is 23.6 Å². The zero-order chi connectivity index (χ0) is 31.4. The number of carbonyl (C=O) groups excluding carboxylic acids is 4. The van der Waals surface area contributed by atoms with E-state index in [4.69, 9.17) is 9.47 Å². The number of rotatable bonds is 7. The summed E-state index contributed by atoms with van der Waals surface area (Å²) in [5.41, 5.74) is 3.22. The summed E-state index contributed by atoms with van der Waals surface area (Å²) >= 11 is 0. The molecule has 4 aliphatic rings. The van der Waals surface area contributed by atoms with Crippen molar-refractivity contribution in [3.05, 3.63) is 101 Å². The van der Waals surface area contributed by atoms with Gasteiger partial charge in [-0.3, -0.25) is 29.0 Å². The molecule has 0 radical (unpaired) electrons. The fourth-order valence-electron chi connectivity index (χ4n) is 8.03. The molecule has 2 heterocycles. The van der Waals surface area contributed by atoms with Crippen LogP contribution < -0.4 is 9.47 Å². The number of phenolic OH excluding ortho intramolecular Hbond substituents is 1. The number of benzene rings is 3. The van der Waals surface area contributed by atoms with Gasteiger partial charge >= 0.3 is 0 Å². The van der Waals surface area contributed by atoms with Crippen LogP contribution in [0.25, 0.3) is 0 Å². The average molecular weight is 607 g/mol. The number of carbonyl (C=O) groups is 4. The number of imide groups is 2. The van der Waals surface area contributed by atoms with Crippen LogP contribution in [0.2, 0.25) is 0 Å². The second-order valence-electron chi connectivity index (χ2n) is 12.3. The van der Waals surface area contributed by atoms with Gasteiger partial charge in [-0.2, -0.15) is 0 Å². The number of methoxy groups -OCH3 is 2. The van der Waals surface area contributed by atoms with E-state index in [2.05, 4.69) is 0 Å². The molecule has 4 amide bonds. The number of aromatic hydroxyl groups is 1. The van der Waals surface area contributed by atoms with Crippen molar-refractivity contribution in [2.75, 3.05) is 14.2 Å². The number of amides is 4. The third-order valence-electron chi connectivity index (χ3n) is 10.1. The Kier molecular flexibility index (Phi) is 7.19. The van der Waals surface area contributed by atoms with Gasteiger partial charge in [-0.25, -0.2) is 0 Å². The van der Waals surface area contributed by atoms with Gasteiger partial charge in [0.05, 0.1) is 51.0 Å². The highest BCUT2D eigenvalue weighted by atomic mass is 16.5. The minimum atomic E-state index is -0.716. The Morgan fingerprint density at radius 1 is 0.689 bits per heavy atom. The van der Waals surface area contributed by atoms with E-state index in [1.165, 1.54) is 24.0 Å². The monoisotopic (exact) mass is 606 g/mol. The number of ether oxygens (including phenoxy) is 2. The quantitative estimate of drug-likeness (QED) is 0.312. The van der Waals surface area contributed by atoms with Crippen molar-refractivity contribution in [1.29, 1.82) is 0 Å². The minimum Gasteiger partial charge on any atom is -0.502 e. The molecule has 2 aliphatic carbocycles.